The van der Waals surface area contributed by atoms with Gasteiger partial charge in [0.05, 0.1) is 12.6 Å². The third-order valence-electron chi connectivity index (χ3n) is 8.46. The Morgan fingerprint density at radius 1 is 1.00 bits per heavy atom. The quantitative estimate of drug-likeness (QED) is 0.0488. The summed E-state index contributed by atoms with van der Waals surface area (Å²) in [5.41, 5.74) is 0.165. The second-order valence-electron chi connectivity index (χ2n) is 13.2. The van der Waals surface area contributed by atoms with E-state index in [4.69, 9.17) is 4.74 Å². The second-order valence-corrected chi connectivity index (χ2v) is 15.1. The SMILES string of the molecule is CC(C)(C)OC(=O)C1=C(/C=C/CO)SCC2C(NC(=O)C(=NOC(F)F)c3csc(NC(c4ccccc4)(c4ccccc4)c4ccccc4)n3)C(=O)N12. The predicted molar refractivity (Wildman–Crippen MR) is 203 cm³/mol. The Kier molecular flexibility index (Phi) is 11.6. The summed E-state index contributed by atoms with van der Waals surface area (Å²) in [5, 5.41) is 20.8. The lowest BCUT2D eigenvalue weighted by Gasteiger charge is -2.50. The molecule has 2 aliphatic rings. The molecule has 2 unspecified atom stereocenters. The van der Waals surface area contributed by atoms with Crippen molar-refractivity contribution in [3.63, 3.8) is 0 Å². The Hall–Kier alpha value is -5.38. The van der Waals surface area contributed by atoms with Crippen LogP contribution in [0.1, 0.15) is 43.2 Å². The highest BCUT2D eigenvalue weighted by Crippen LogP contribution is 2.42. The summed E-state index contributed by atoms with van der Waals surface area (Å²) in [6.45, 7) is 1.44. The summed E-state index contributed by atoms with van der Waals surface area (Å²) in [5.74, 6) is -2.07. The number of fused-ring (bicyclic) bond motifs is 1. The van der Waals surface area contributed by atoms with Gasteiger partial charge in [0.15, 0.2) is 10.8 Å². The van der Waals surface area contributed by atoms with Crippen LogP contribution in [0.2, 0.25) is 0 Å². The van der Waals surface area contributed by atoms with Gasteiger partial charge in [-0.2, -0.15) is 8.78 Å². The molecule has 1 fully saturated rings. The van der Waals surface area contributed by atoms with E-state index in [0.29, 0.717) is 10.0 Å². The molecule has 15 heteroatoms. The Balaban J connectivity index is 1.30. The number of hydrogen-bond acceptors (Lipinski definition) is 11. The maximum absolute atomic E-state index is 13.8. The van der Waals surface area contributed by atoms with Crippen LogP contribution in [0.25, 0.3) is 0 Å². The zero-order chi connectivity index (χ0) is 38.5. The van der Waals surface area contributed by atoms with E-state index in [-0.39, 0.29) is 23.8 Å². The van der Waals surface area contributed by atoms with Crippen molar-refractivity contribution in [3.8, 4) is 0 Å². The average Bonchev–Trinajstić information content (AvgIpc) is 3.62. The number of anilines is 1. The van der Waals surface area contributed by atoms with E-state index in [9.17, 15) is 28.3 Å². The normalized spacial score (nSPS) is 17.6. The molecule has 0 radical (unpaired) electrons. The van der Waals surface area contributed by atoms with Crippen LogP contribution in [0.4, 0.5) is 13.9 Å². The topological polar surface area (TPSA) is 142 Å². The molecule has 1 aromatic heterocycles. The molecule has 3 N–H and O–H groups in total. The molecular formula is C39H37F2N5O6S2. The molecule has 3 heterocycles. The van der Waals surface area contributed by atoms with Crippen LogP contribution in [-0.2, 0) is 29.5 Å². The number of amides is 2. The number of aromatic nitrogens is 1. The number of oxime groups is 1. The van der Waals surface area contributed by atoms with Crippen LogP contribution in [-0.4, -0.2) is 75.1 Å². The van der Waals surface area contributed by atoms with Crippen molar-refractivity contribution in [1.29, 1.82) is 0 Å². The lowest BCUT2D eigenvalue weighted by Crippen LogP contribution is -2.73. The highest BCUT2D eigenvalue weighted by molar-refractivity contribution is 8.03. The van der Waals surface area contributed by atoms with Crippen LogP contribution >= 0.6 is 23.1 Å². The number of aliphatic hydroxyl groups is 1. The first kappa shape index (κ1) is 38.3. The van der Waals surface area contributed by atoms with E-state index in [2.05, 4.69) is 25.6 Å². The fourth-order valence-corrected chi connectivity index (χ4v) is 8.17. The summed E-state index contributed by atoms with van der Waals surface area (Å²) in [7, 11) is 0. The maximum Gasteiger partial charge on any atom is 0.407 e. The number of hydrogen-bond donors (Lipinski definition) is 3. The number of carbonyl (C=O) groups excluding carboxylic acids is 3. The van der Waals surface area contributed by atoms with Gasteiger partial charge in [-0.15, -0.1) is 23.1 Å². The number of halogens is 2. The molecule has 11 nitrogen and oxygen atoms in total. The molecular weight excluding hydrogens is 737 g/mol. The molecule has 0 saturated carbocycles. The number of nitrogens with one attached hydrogen (secondary N) is 2. The van der Waals surface area contributed by atoms with Crippen molar-refractivity contribution in [2.45, 2.75) is 50.6 Å². The average molecular weight is 774 g/mol. The standard InChI is InChI=1S/C39H37F2N5O6S2/c1-38(2,3)51-35(50)32-29(20-13-21-47)53-23-28-31(34(49)46(28)32)43-33(48)30(45-52-36(40)41)27-22-54-37(42-27)44-39(24-14-7-4-8-15-24,25-16-9-5-10-17-25)26-18-11-6-12-19-26/h4-20,22,28,31,36,47H,21,23H2,1-3H3,(H,42,44)(H,43,48)/b20-13+,45-30?. The number of β-lactam (4-membered cyclic amide) rings is 1. The Morgan fingerprint density at radius 2 is 1.57 bits per heavy atom. The molecule has 6 rings (SSSR count). The van der Waals surface area contributed by atoms with Gasteiger partial charge in [0.2, 0.25) is 0 Å². The minimum atomic E-state index is -3.34. The maximum atomic E-state index is 13.8. The van der Waals surface area contributed by atoms with E-state index in [1.807, 2.05) is 91.0 Å². The zero-order valence-corrected chi connectivity index (χ0v) is 31.1. The molecule has 0 bridgehead atoms. The van der Waals surface area contributed by atoms with Gasteiger partial charge in [-0.25, -0.2) is 9.78 Å². The van der Waals surface area contributed by atoms with Gasteiger partial charge in [-0.3, -0.25) is 14.5 Å². The van der Waals surface area contributed by atoms with Gasteiger partial charge in [0.25, 0.3) is 11.8 Å². The summed E-state index contributed by atoms with van der Waals surface area (Å²) in [6.07, 6.45) is 2.96. The fraction of sp³-hybridized carbons (Fsp3) is 0.256. The number of nitrogens with zero attached hydrogens (tertiary/aromatic N) is 3. The van der Waals surface area contributed by atoms with E-state index in [1.54, 1.807) is 20.8 Å². The van der Waals surface area contributed by atoms with E-state index in [1.165, 1.54) is 34.2 Å². The molecule has 54 heavy (non-hydrogen) atoms. The number of rotatable bonds is 13. The lowest BCUT2D eigenvalue weighted by molar-refractivity contribution is -0.160. The molecule has 2 atom stereocenters. The van der Waals surface area contributed by atoms with Crippen molar-refractivity contribution in [2.24, 2.45) is 5.16 Å². The molecule has 2 aliphatic heterocycles. The number of aliphatic hydroxyl groups excluding tert-OH is 1. The summed E-state index contributed by atoms with van der Waals surface area (Å²) >= 11 is 2.37. The minimum Gasteiger partial charge on any atom is -0.455 e. The lowest BCUT2D eigenvalue weighted by atomic mass is 9.77. The third kappa shape index (κ3) is 8.07. The zero-order valence-electron chi connectivity index (χ0n) is 29.4. The Morgan fingerprint density at radius 3 is 2.09 bits per heavy atom. The number of allylic oxidation sites excluding steroid dienone is 1. The van der Waals surface area contributed by atoms with Crippen LogP contribution < -0.4 is 10.6 Å². The molecule has 3 aromatic carbocycles. The third-order valence-corrected chi connectivity index (χ3v) is 10.4. The number of carbonyl (C=O) groups is 3. The van der Waals surface area contributed by atoms with Gasteiger partial charge in [-0.05, 0) is 43.5 Å². The summed E-state index contributed by atoms with van der Waals surface area (Å²) < 4.78 is 32.2. The largest absolute Gasteiger partial charge is 0.455 e. The number of alkyl halides is 2. The van der Waals surface area contributed by atoms with Gasteiger partial charge in [0.1, 0.15) is 28.6 Å². The number of thioether (sulfide) groups is 1. The van der Waals surface area contributed by atoms with Crippen molar-refractivity contribution in [1.82, 2.24) is 15.2 Å². The van der Waals surface area contributed by atoms with Crippen molar-refractivity contribution in [2.75, 3.05) is 17.7 Å². The minimum absolute atomic E-state index is 0.0183. The number of benzene rings is 3. The Labute approximate surface area is 318 Å². The van der Waals surface area contributed by atoms with Crippen LogP contribution in [0, 0.1) is 0 Å². The molecule has 4 aromatic rings. The highest BCUT2D eigenvalue weighted by atomic mass is 32.2. The van der Waals surface area contributed by atoms with Crippen LogP contribution in [0.5, 0.6) is 0 Å². The highest BCUT2D eigenvalue weighted by Gasteiger charge is 2.54. The van der Waals surface area contributed by atoms with Crippen molar-refractivity contribution in [3.05, 3.63) is 142 Å². The molecule has 280 valence electrons. The van der Waals surface area contributed by atoms with Gasteiger partial charge in [0, 0.05) is 16.0 Å². The first-order valence-electron chi connectivity index (χ1n) is 16.9. The first-order valence-corrected chi connectivity index (χ1v) is 18.7. The van der Waals surface area contributed by atoms with Gasteiger partial charge < -0.3 is 25.3 Å². The van der Waals surface area contributed by atoms with Crippen molar-refractivity contribution < 1.29 is 37.8 Å². The smallest absolute Gasteiger partial charge is 0.407 e. The predicted octanol–water partition coefficient (Wildman–Crippen LogP) is 6.03. The Bertz CT molecular complexity index is 1970. The summed E-state index contributed by atoms with van der Waals surface area (Å²) in [6, 6.07) is 27.4. The number of thiazole rings is 1. The van der Waals surface area contributed by atoms with E-state index >= 15 is 0 Å². The number of esters is 1. The van der Waals surface area contributed by atoms with Gasteiger partial charge >= 0.3 is 12.6 Å². The molecule has 2 amide bonds. The van der Waals surface area contributed by atoms with E-state index < -0.39 is 53.3 Å². The molecule has 0 spiro atoms. The molecule has 0 aliphatic carbocycles. The summed E-state index contributed by atoms with van der Waals surface area (Å²) in [4.78, 5) is 51.2. The monoisotopic (exact) mass is 773 g/mol. The van der Waals surface area contributed by atoms with Crippen LogP contribution in [0.3, 0.4) is 0 Å². The van der Waals surface area contributed by atoms with Gasteiger partial charge in [-0.1, -0.05) is 102 Å². The second kappa shape index (κ2) is 16.3. The first-order chi connectivity index (χ1) is 25.9. The van der Waals surface area contributed by atoms with Crippen molar-refractivity contribution >= 4 is 51.7 Å². The van der Waals surface area contributed by atoms with Crippen LogP contribution in [0.15, 0.2) is 124 Å². The molecule has 1 saturated heterocycles. The fourth-order valence-electron chi connectivity index (χ4n) is 6.21. The number of ether oxygens (including phenoxy) is 1. The van der Waals surface area contributed by atoms with E-state index in [0.717, 1.165) is 28.0 Å².